The van der Waals surface area contributed by atoms with Gasteiger partial charge in [0.2, 0.25) is 0 Å². The van der Waals surface area contributed by atoms with Crippen LogP contribution in [0.25, 0.3) is 0 Å². The molecule has 0 aromatic carbocycles. The van der Waals surface area contributed by atoms with E-state index >= 15 is 0 Å². The molecule has 1 saturated heterocycles. The average molecular weight is 303 g/mol. The summed E-state index contributed by atoms with van der Waals surface area (Å²) in [5.74, 6) is 1.61. The van der Waals surface area contributed by atoms with Crippen LogP contribution in [-0.4, -0.2) is 36.7 Å². The van der Waals surface area contributed by atoms with E-state index < -0.39 is 0 Å². The molecular weight excluding hydrogens is 278 g/mol. The van der Waals surface area contributed by atoms with Crippen molar-refractivity contribution in [3.8, 4) is 0 Å². The van der Waals surface area contributed by atoms with E-state index in [2.05, 4.69) is 24.1 Å². The molecule has 0 unspecified atom stereocenters. The van der Waals surface area contributed by atoms with Crippen LogP contribution in [0.4, 0.5) is 5.82 Å². The number of pyridine rings is 1. The Morgan fingerprint density at radius 2 is 2.14 bits per heavy atom. The smallest absolute Gasteiger partial charge is 0.253 e. The SMILES string of the molecule is Cc1cc2c(nc1N1CCC(OCC(C)C)CC1)CNC2=O. The molecule has 0 radical (unpaired) electrons. The van der Waals surface area contributed by atoms with Crippen molar-refractivity contribution in [1.29, 1.82) is 0 Å². The van der Waals surface area contributed by atoms with Gasteiger partial charge in [-0.25, -0.2) is 4.98 Å². The molecule has 1 aromatic heterocycles. The number of hydrogen-bond donors (Lipinski definition) is 1. The zero-order chi connectivity index (χ0) is 15.7. The minimum Gasteiger partial charge on any atom is -0.378 e. The molecule has 3 rings (SSSR count). The van der Waals surface area contributed by atoms with Crippen molar-refractivity contribution in [2.45, 2.75) is 46.3 Å². The molecule has 0 aliphatic carbocycles. The first kappa shape index (κ1) is 15.3. The van der Waals surface area contributed by atoms with Crippen LogP contribution in [0.2, 0.25) is 0 Å². The van der Waals surface area contributed by atoms with Gasteiger partial charge in [0.1, 0.15) is 5.82 Å². The van der Waals surface area contributed by atoms with Gasteiger partial charge in [0, 0.05) is 19.7 Å². The Kier molecular flexibility index (Phi) is 4.34. The number of carbonyl (C=O) groups excluding carboxylic acids is 1. The molecular formula is C17H25N3O2. The summed E-state index contributed by atoms with van der Waals surface area (Å²) in [6, 6.07) is 1.97. The number of fused-ring (bicyclic) bond motifs is 1. The molecule has 1 fully saturated rings. The van der Waals surface area contributed by atoms with Crippen molar-refractivity contribution in [3.05, 3.63) is 22.9 Å². The number of carbonyl (C=O) groups is 1. The highest BCUT2D eigenvalue weighted by molar-refractivity contribution is 5.98. The van der Waals surface area contributed by atoms with Gasteiger partial charge in [-0.2, -0.15) is 0 Å². The van der Waals surface area contributed by atoms with Gasteiger partial charge in [-0.3, -0.25) is 4.79 Å². The fraction of sp³-hybridized carbons (Fsp3) is 0.647. The maximum atomic E-state index is 11.7. The van der Waals surface area contributed by atoms with Crippen LogP contribution in [0.3, 0.4) is 0 Å². The molecule has 1 N–H and O–H groups in total. The predicted octanol–water partition coefficient (Wildman–Crippen LogP) is 2.27. The highest BCUT2D eigenvalue weighted by Gasteiger charge is 2.26. The molecule has 0 spiro atoms. The van der Waals surface area contributed by atoms with E-state index in [1.165, 1.54) is 0 Å². The van der Waals surface area contributed by atoms with Gasteiger partial charge in [0.25, 0.3) is 5.91 Å². The van der Waals surface area contributed by atoms with Gasteiger partial charge in [0.15, 0.2) is 0 Å². The van der Waals surface area contributed by atoms with Gasteiger partial charge in [-0.1, -0.05) is 13.8 Å². The molecule has 0 saturated carbocycles. The zero-order valence-electron chi connectivity index (χ0n) is 13.7. The van der Waals surface area contributed by atoms with Gasteiger partial charge < -0.3 is 15.0 Å². The van der Waals surface area contributed by atoms with E-state index in [4.69, 9.17) is 9.72 Å². The molecule has 22 heavy (non-hydrogen) atoms. The monoisotopic (exact) mass is 303 g/mol. The molecule has 5 heteroatoms. The van der Waals surface area contributed by atoms with Crippen LogP contribution in [0.5, 0.6) is 0 Å². The van der Waals surface area contributed by atoms with Crippen LogP contribution in [0.1, 0.15) is 48.3 Å². The predicted molar refractivity (Wildman–Crippen MR) is 86.2 cm³/mol. The van der Waals surface area contributed by atoms with E-state index in [1.807, 2.05) is 13.0 Å². The lowest BCUT2D eigenvalue weighted by molar-refractivity contribution is 0.0214. The van der Waals surface area contributed by atoms with Crippen LogP contribution >= 0.6 is 0 Å². The Labute approximate surface area is 132 Å². The van der Waals surface area contributed by atoms with Crippen LogP contribution < -0.4 is 10.2 Å². The van der Waals surface area contributed by atoms with Crippen molar-refractivity contribution in [1.82, 2.24) is 10.3 Å². The number of rotatable bonds is 4. The van der Waals surface area contributed by atoms with E-state index in [0.29, 0.717) is 18.6 Å². The number of piperidine rings is 1. The first-order valence-electron chi connectivity index (χ1n) is 8.20. The lowest BCUT2D eigenvalue weighted by Gasteiger charge is -2.34. The molecule has 2 aliphatic heterocycles. The summed E-state index contributed by atoms with van der Waals surface area (Å²) in [6.45, 7) is 9.73. The molecule has 2 aliphatic rings. The normalized spacial score (nSPS) is 18.7. The molecule has 5 nitrogen and oxygen atoms in total. The van der Waals surface area contributed by atoms with E-state index in [-0.39, 0.29) is 5.91 Å². The van der Waals surface area contributed by atoms with Crippen LogP contribution in [-0.2, 0) is 11.3 Å². The molecule has 1 aromatic rings. The number of nitrogens with one attached hydrogen (secondary N) is 1. The zero-order valence-corrected chi connectivity index (χ0v) is 13.7. The highest BCUT2D eigenvalue weighted by atomic mass is 16.5. The number of amides is 1. The summed E-state index contributed by atoms with van der Waals surface area (Å²) in [5, 5.41) is 2.84. The number of nitrogens with zero attached hydrogens (tertiary/aromatic N) is 2. The van der Waals surface area contributed by atoms with Gasteiger partial charge in [0.05, 0.1) is 23.9 Å². The summed E-state index contributed by atoms with van der Waals surface area (Å²) >= 11 is 0. The van der Waals surface area contributed by atoms with Crippen molar-refractivity contribution in [2.75, 3.05) is 24.6 Å². The third kappa shape index (κ3) is 3.09. The van der Waals surface area contributed by atoms with E-state index in [9.17, 15) is 4.79 Å². The number of hydrogen-bond acceptors (Lipinski definition) is 4. The average Bonchev–Trinajstić information content (AvgIpc) is 2.86. The van der Waals surface area contributed by atoms with Gasteiger partial charge >= 0.3 is 0 Å². The molecule has 120 valence electrons. The molecule has 3 heterocycles. The maximum Gasteiger partial charge on any atom is 0.253 e. The van der Waals surface area contributed by atoms with Crippen molar-refractivity contribution in [3.63, 3.8) is 0 Å². The van der Waals surface area contributed by atoms with Crippen molar-refractivity contribution < 1.29 is 9.53 Å². The summed E-state index contributed by atoms with van der Waals surface area (Å²) in [4.78, 5) is 18.7. The van der Waals surface area contributed by atoms with Gasteiger partial charge in [-0.05, 0) is 37.3 Å². The number of aryl methyl sites for hydroxylation is 1. The fourth-order valence-corrected chi connectivity index (χ4v) is 3.11. The van der Waals surface area contributed by atoms with Crippen LogP contribution in [0.15, 0.2) is 6.07 Å². The fourth-order valence-electron chi connectivity index (χ4n) is 3.11. The largest absolute Gasteiger partial charge is 0.378 e. The lowest BCUT2D eigenvalue weighted by atomic mass is 10.1. The van der Waals surface area contributed by atoms with E-state index in [0.717, 1.165) is 55.2 Å². The topological polar surface area (TPSA) is 54.5 Å². The Morgan fingerprint density at radius 1 is 1.41 bits per heavy atom. The minimum absolute atomic E-state index is 0.00190. The first-order valence-corrected chi connectivity index (χ1v) is 8.20. The molecule has 0 bridgehead atoms. The molecule has 1 amide bonds. The van der Waals surface area contributed by atoms with E-state index in [1.54, 1.807) is 0 Å². The van der Waals surface area contributed by atoms with Crippen LogP contribution in [0, 0.1) is 12.8 Å². The Balaban J connectivity index is 1.66. The third-order valence-corrected chi connectivity index (χ3v) is 4.33. The number of aromatic nitrogens is 1. The highest BCUT2D eigenvalue weighted by Crippen LogP contribution is 2.26. The second kappa shape index (κ2) is 6.24. The second-order valence-corrected chi connectivity index (χ2v) is 6.72. The Morgan fingerprint density at radius 3 is 2.82 bits per heavy atom. The summed E-state index contributed by atoms with van der Waals surface area (Å²) in [7, 11) is 0. The lowest BCUT2D eigenvalue weighted by Crippen LogP contribution is -2.38. The van der Waals surface area contributed by atoms with Gasteiger partial charge in [-0.15, -0.1) is 0 Å². The number of ether oxygens (including phenoxy) is 1. The summed E-state index contributed by atoms with van der Waals surface area (Å²) in [5.41, 5.74) is 2.69. The van der Waals surface area contributed by atoms with Crippen molar-refractivity contribution in [2.24, 2.45) is 5.92 Å². The first-order chi connectivity index (χ1) is 10.5. The number of anilines is 1. The Bertz CT molecular complexity index is 563. The summed E-state index contributed by atoms with van der Waals surface area (Å²) in [6.07, 6.45) is 2.46. The quantitative estimate of drug-likeness (QED) is 0.927. The van der Waals surface area contributed by atoms with Crippen molar-refractivity contribution >= 4 is 11.7 Å². The molecule has 0 atom stereocenters. The third-order valence-electron chi connectivity index (χ3n) is 4.33. The summed E-state index contributed by atoms with van der Waals surface area (Å²) < 4.78 is 5.95. The minimum atomic E-state index is -0.00190. The maximum absolute atomic E-state index is 11.7. The Hall–Kier alpha value is -1.62. The standard InChI is InChI=1S/C17H25N3O2/c1-11(2)10-22-13-4-6-20(7-5-13)16-12(3)8-14-15(19-16)9-18-17(14)21/h8,11,13H,4-7,9-10H2,1-3H3,(H,18,21). The second-order valence-electron chi connectivity index (χ2n) is 6.72.